The zero-order valence-corrected chi connectivity index (χ0v) is 13.6. The highest BCUT2D eigenvalue weighted by Crippen LogP contribution is 2.09. The van der Waals surface area contributed by atoms with Gasteiger partial charge in [-0.1, -0.05) is 31.0 Å². The predicted octanol–water partition coefficient (Wildman–Crippen LogP) is 1.16. The number of benzene rings is 1. The minimum atomic E-state index is -3.46. The van der Waals surface area contributed by atoms with Gasteiger partial charge in [-0.15, -0.1) is 0 Å². The van der Waals surface area contributed by atoms with Gasteiger partial charge in [0.25, 0.3) is 0 Å². The molecule has 0 amide bonds. The molecule has 0 spiro atoms. The SMILES string of the molecule is NC(=NCCNS(=O)(=O)c1ccccc1)N1CCCCCC1. The van der Waals surface area contributed by atoms with Crippen molar-refractivity contribution in [1.82, 2.24) is 9.62 Å². The Morgan fingerprint density at radius 2 is 1.77 bits per heavy atom. The summed E-state index contributed by atoms with van der Waals surface area (Å²) in [5.74, 6) is 0.515. The Morgan fingerprint density at radius 3 is 2.41 bits per heavy atom. The van der Waals surface area contributed by atoms with Crippen LogP contribution in [0.15, 0.2) is 40.2 Å². The summed E-state index contributed by atoms with van der Waals surface area (Å²) in [7, 11) is -3.46. The van der Waals surface area contributed by atoms with Crippen LogP contribution in [0.1, 0.15) is 25.7 Å². The fraction of sp³-hybridized carbons (Fsp3) is 0.533. The number of hydrogen-bond acceptors (Lipinski definition) is 3. The first-order chi connectivity index (χ1) is 10.6. The molecular weight excluding hydrogens is 300 g/mol. The molecule has 22 heavy (non-hydrogen) atoms. The van der Waals surface area contributed by atoms with Crippen molar-refractivity contribution in [3.63, 3.8) is 0 Å². The molecule has 6 nitrogen and oxygen atoms in total. The molecule has 122 valence electrons. The fourth-order valence-corrected chi connectivity index (χ4v) is 3.48. The van der Waals surface area contributed by atoms with Gasteiger partial charge in [0.2, 0.25) is 10.0 Å². The zero-order chi connectivity index (χ0) is 15.8. The van der Waals surface area contributed by atoms with E-state index in [1.54, 1.807) is 30.3 Å². The van der Waals surface area contributed by atoms with Crippen molar-refractivity contribution in [3.8, 4) is 0 Å². The van der Waals surface area contributed by atoms with Crippen LogP contribution in [-0.4, -0.2) is 45.5 Å². The molecule has 1 fully saturated rings. The number of nitrogens with zero attached hydrogens (tertiary/aromatic N) is 2. The van der Waals surface area contributed by atoms with Gasteiger partial charge >= 0.3 is 0 Å². The lowest BCUT2D eigenvalue weighted by molar-refractivity contribution is 0.428. The number of nitrogens with two attached hydrogens (primary N) is 1. The molecule has 1 aliphatic rings. The van der Waals surface area contributed by atoms with E-state index in [4.69, 9.17) is 5.73 Å². The van der Waals surface area contributed by atoms with Crippen LogP contribution in [0.5, 0.6) is 0 Å². The van der Waals surface area contributed by atoms with Crippen LogP contribution in [-0.2, 0) is 10.0 Å². The van der Waals surface area contributed by atoms with Crippen LogP contribution < -0.4 is 10.5 Å². The Labute approximate surface area is 132 Å². The van der Waals surface area contributed by atoms with Crippen LogP contribution >= 0.6 is 0 Å². The second kappa shape index (κ2) is 8.14. The molecule has 0 unspecified atom stereocenters. The maximum Gasteiger partial charge on any atom is 0.240 e. The summed E-state index contributed by atoms with van der Waals surface area (Å²) < 4.78 is 26.6. The Hall–Kier alpha value is -1.60. The molecule has 1 heterocycles. The monoisotopic (exact) mass is 324 g/mol. The lowest BCUT2D eigenvalue weighted by atomic mass is 10.2. The number of rotatable bonds is 5. The summed E-state index contributed by atoms with van der Waals surface area (Å²) >= 11 is 0. The van der Waals surface area contributed by atoms with Crippen LogP contribution in [0.2, 0.25) is 0 Å². The van der Waals surface area contributed by atoms with E-state index in [0.717, 1.165) is 25.9 Å². The number of nitrogens with one attached hydrogen (secondary N) is 1. The Kier molecular flexibility index (Phi) is 6.21. The summed E-state index contributed by atoms with van der Waals surface area (Å²) in [5, 5.41) is 0. The first kappa shape index (κ1) is 16.8. The number of likely N-dealkylation sites (tertiary alicyclic amines) is 1. The van der Waals surface area contributed by atoms with Crippen molar-refractivity contribution < 1.29 is 8.42 Å². The Bertz CT molecular complexity index is 579. The first-order valence-corrected chi connectivity index (χ1v) is 9.17. The average molecular weight is 324 g/mol. The van der Waals surface area contributed by atoms with Crippen LogP contribution in [0.3, 0.4) is 0 Å². The lowest BCUT2D eigenvalue weighted by Crippen LogP contribution is -2.38. The molecule has 0 saturated carbocycles. The number of guanidine groups is 1. The average Bonchev–Trinajstić information content (AvgIpc) is 2.81. The van der Waals surface area contributed by atoms with Crippen LogP contribution in [0.4, 0.5) is 0 Å². The molecule has 0 radical (unpaired) electrons. The lowest BCUT2D eigenvalue weighted by Gasteiger charge is -2.21. The van der Waals surface area contributed by atoms with Crippen LogP contribution in [0, 0.1) is 0 Å². The molecule has 0 bridgehead atoms. The highest BCUT2D eigenvalue weighted by molar-refractivity contribution is 7.89. The van der Waals surface area contributed by atoms with E-state index in [2.05, 4.69) is 14.6 Å². The highest BCUT2D eigenvalue weighted by Gasteiger charge is 2.13. The van der Waals surface area contributed by atoms with Gasteiger partial charge in [-0.2, -0.15) is 0 Å². The zero-order valence-electron chi connectivity index (χ0n) is 12.7. The second-order valence-electron chi connectivity index (χ2n) is 5.35. The third-order valence-electron chi connectivity index (χ3n) is 3.66. The summed E-state index contributed by atoms with van der Waals surface area (Å²) in [5.41, 5.74) is 5.98. The van der Waals surface area contributed by atoms with E-state index in [9.17, 15) is 8.42 Å². The number of sulfonamides is 1. The molecule has 1 aromatic rings. The molecule has 1 aromatic carbocycles. The van der Waals surface area contributed by atoms with Crippen molar-refractivity contribution in [2.24, 2.45) is 10.7 Å². The van der Waals surface area contributed by atoms with Crippen molar-refractivity contribution in [1.29, 1.82) is 0 Å². The van der Waals surface area contributed by atoms with E-state index < -0.39 is 10.0 Å². The maximum atomic E-state index is 12.0. The van der Waals surface area contributed by atoms with Gasteiger partial charge < -0.3 is 10.6 Å². The maximum absolute atomic E-state index is 12.0. The van der Waals surface area contributed by atoms with Gasteiger partial charge in [0, 0.05) is 19.6 Å². The van der Waals surface area contributed by atoms with E-state index in [1.807, 2.05) is 0 Å². The molecule has 7 heteroatoms. The van der Waals surface area contributed by atoms with Gasteiger partial charge in [0.05, 0.1) is 11.4 Å². The van der Waals surface area contributed by atoms with Crippen molar-refractivity contribution >= 4 is 16.0 Å². The van der Waals surface area contributed by atoms with E-state index in [1.165, 1.54) is 12.8 Å². The molecule has 0 aliphatic carbocycles. The smallest absolute Gasteiger partial charge is 0.240 e. The molecule has 2 rings (SSSR count). The van der Waals surface area contributed by atoms with Crippen LogP contribution in [0.25, 0.3) is 0 Å². The highest BCUT2D eigenvalue weighted by atomic mass is 32.2. The third kappa shape index (κ3) is 4.99. The quantitative estimate of drug-likeness (QED) is 0.483. The number of aliphatic imine (C=N–C) groups is 1. The first-order valence-electron chi connectivity index (χ1n) is 7.69. The molecule has 1 aliphatic heterocycles. The van der Waals surface area contributed by atoms with E-state index in [0.29, 0.717) is 12.5 Å². The normalized spacial score (nSPS) is 17.3. The van der Waals surface area contributed by atoms with Gasteiger partial charge in [-0.3, -0.25) is 4.99 Å². The van der Waals surface area contributed by atoms with Crippen molar-refractivity contribution in [2.75, 3.05) is 26.2 Å². The molecule has 3 N–H and O–H groups in total. The van der Waals surface area contributed by atoms with Gasteiger partial charge in [-0.05, 0) is 25.0 Å². The van der Waals surface area contributed by atoms with Crippen molar-refractivity contribution in [2.45, 2.75) is 30.6 Å². The summed E-state index contributed by atoms with van der Waals surface area (Å²) in [6, 6.07) is 8.31. The fourth-order valence-electron chi connectivity index (χ4n) is 2.43. The number of hydrogen-bond donors (Lipinski definition) is 2. The van der Waals surface area contributed by atoms with Gasteiger partial charge in [0.1, 0.15) is 0 Å². The minimum absolute atomic E-state index is 0.242. The van der Waals surface area contributed by atoms with Gasteiger partial charge in [-0.25, -0.2) is 13.1 Å². The van der Waals surface area contributed by atoms with E-state index >= 15 is 0 Å². The molecule has 0 atom stereocenters. The predicted molar refractivity (Wildman–Crippen MR) is 88.2 cm³/mol. The van der Waals surface area contributed by atoms with Gasteiger partial charge in [0.15, 0.2) is 5.96 Å². The van der Waals surface area contributed by atoms with E-state index in [-0.39, 0.29) is 11.4 Å². The Morgan fingerprint density at radius 1 is 1.14 bits per heavy atom. The topological polar surface area (TPSA) is 87.8 Å². The summed E-state index contributed by atoms with van der Waals surface area (Å²) in [6.07, 6.45) is 4.75. The molecule has 0 aromatic heterocycles. The third-order valence-corrected chi connectivity index (χ3v) is 5.14. The largest absolute Gasteiger partial charge is 0.370 e. The second-order valence-corrected chi connectivity index (χ2v) is 7.12. The summed E-state index contributed by atoms with van der Waals surface area (Å²) in [4.78, 5) is 6.63. The standard InChI is InChI=1S/C15H24N4O2S/c16-15(19-12-6-1-2-7-13-19)17-10-11-18-22(20,21)14-8-4-3-5-9-14/h3-5,8-9,18H,1-2,6-7,10-13H2,(H2,16,17). The molecule has 1 saturated heterocycles. The van der Waals surface area contributed by atoms with Crippen molar-refractivity contribution in [3.05, 3.63) is 30.3 Å². The minimum Gasteiger partial charge on any atom is -0.370 e. The Balaban J connectivity index is 1.81. The molecular formula is C15H24N4O2S. The summed E-state index contributed by atoms with van der Waals surface area (Å²) in [6.45, 7) is 2.45.